The molecular weight excluding hydrogens is 338 g/mol. The molecule has 0 amide bonds. The average molecular weight is 370 g/mol. The van der Waals surface area contributed by atoms with Crippen LogP contribution in [-0.4, -0.2) is 22.5 Å². The first kappa shape index (κ1) is 18.6. The van der Waals surface area contributed by atoms with Crippen LogP contribution in [0.25, 0.3) is 0 Å². The Labute approximate surface area is 162 Å². The van der Waals surface area contributed by atoms with Crippen molar-refractivity contribution in [2.45, 2.75) is 77.2 Å². The minimum Gasteiger partial charge on any atom is -0.445 e. The molecule has 0 saturated heterocycles. The number of hydrogen-bond donors (Lipinski definition) is 1. The van der Waals surface area contributed by atoms with Gasteiger partial charge in [-0.25, -0.2) is 0 Å². The van der Waals surface area contributed by atoms with Gasteiger partial charge in [0.15, 0.2) is 5.60 Å². The first-order chi connectivity index (χ1) is 13.0. The van der Waals surface area contributed by atoms with Gasteiger partial charge in [-0.3, -0.25) is 4.79 Å². The fraction of sp³-hybridized carbons (Fsp3) is 0.739. The number of esters is 1. The molecule has 4 nitrogen and oxygen atoms in total. The molecule has 4 aliphatic rings. The molecule has 0 heterocycles. The molecule has 3 saturated carbocycles. The van der Waals surface area contributed by atoms with Gasteiger partial charge < -0.3 is 9.94 Å². The first-order valence-corrected chi connectivity index (χ1v) is 10.6. The van der Waals surface area contributed by atoms with Crippen molar-refractivity contribution < 1.29 is 14.7 Å². The number of nitrogens with zero attached hydrogens (tertiary/aromatic N) is 1. The normalized spacial score (nSPS) is 44.5. The van der Waals surface area contributed by atoms with Crippen molar-refractivity contribution in [2.24, 2.45) is 34.2 Å². The van der Waals surface area contributed by atoms with Crippen LogP contribution < -0.4 is 0 Å². The number of fused-ring (bicyclic) bond motifs is 5. The highest BCUT2D eigenvalue weighted by Gasteiger charge is 2.65. The fourth-order valence-electron chi connectivity index (χ4n) is 7.45. The molecule has 6 atom stereocenters. The molecule has 3 fully saturated rings. The van der Waals surface area contributed by atoms with Crippen molar-refractivity contribution in [1.82, 2.24) is 0 Å². The highest BCUT2D eigenvalue weighted by molar-refractivity contribution is 5.96. The lowest BCUT2D eigenvalue weighted by molar-refractivity contribution is -0.170. The van der Waals surface area contributed by atoms with Gasteiger partial charge in [0.05, 0.1) is 5.71 Å². The smallest absolute Gasteiger partial charge is 0.304 e. The molecule has 27 heavy (non-hydrogen) atoms. The Balaban J connectivity index is 1.66. The summed E-state index contributed by atoms with van der Waals surface area (Å²) in [6.45, 7) is 3.72. The summed E-state index contributed by atoms with van der Waals surface area (Å²) in [5.41, 5.74) is 1.53. The molecular formula is C23H31NO3. The molecule has 0 aromatic carbocycles. The zero-order valence-corrected chi connectivity index (χ0v) is 16.5. The maximum absolute atomic E-state index is 11.9. The average Bonchev–Trinajstić information content (AvgIpc) is 3.01. The molecule has 146 valence electrons. The lowest BCUT2D eigenvalue weighted by atomic mass is 9.49. The predicted molar refractivity (Wildman–Crippen MR) is 104 cm³/mol. The van der Waals surface area contributed by atoms with E-state index >= 15 is 0 Å². The molecule has 0 aliphatic heterocycles. The molecule has 4 heteroatoms. The Hall–Kier alpha value is -1.76. The van der Waals surface area contributed by atoms with Crippen LogP contribution in [0.2, 0.25) is 0 Å². The number of terminal acetylenes is 1. The van der Waals surface area contributed by atoms with E-state index in [-0.39, 0.29) is 11.4 Å². The lowest BCUT2D eigenvalue weighted by Gasteiger charge is -2.56. The Morgan fingerprint density at radius 1 is 1.30 bits per heavy atom. The van der Waals surface area contributed by atoms with Crippen LogP contribution in [0.15, 0.2) is 16.8 Å². The predicted octanol–water partition coefficient (Wildman–Crippen LogP) is 4.71. The highest BCUT2D eigenvalue weighted by atomic mass is 16.6. The van der Waals surface area contributed by atoms with Gasteiger partial charge in [0.25, 0.3) is 0 Å². The highest BCUT2D eigenvalue weighted by Crippen LogP contribution is 2.67. The number of hydrogen-bond acceptors (Lipinski definition) is 4. The topological polar surface area (TPSA) is 58.9 Å². The second-order valence-corrected chi connectivity index (χ2v) is 9.08. The summed E-state index contributed by atoms with van der Waals surface area (Å²) in [6, 6.07) is 0. The van der Waals surface area contributed by atoms with Crippen LogP contribution in [0, 0.1) is 41.4 Å². The summed E-state index contributed by atoms with van der Waals surface area (Å²) in [5.74, 6) is 5.25. The van der Waals surface area contributed by atoms with Crippen molar-refractivity contribution in [2.75, 3.05) is 0 Å². The zero-order chi connectivity index (χ0) is 19.2. The second kappa shape index (κ2) is 6.69. The number of oxime groups is 1. The quantitative estimate of drug-likeness (QED) is 0.332. The molecule has 4 aliphatic carbocycles. The van der Waals surface area contributed by atoms with E-state index in [9.17, 15) is 4.79 Å². The van der Waals surface area contributed by atoms with Crippen LogP contribution in [0.1, 0.15) is 71.6 Å². The van der Waals surface area contributed by atoms with Gasteiger partial charge in [-0.15, -0.1) is 6.42 Å². The van der Waals surface area contributed by atoms with E-state index in [0.29, 0.717) is 23.7 Å². The molecule has 0 bridgehead atoms. The van der Waals surface area contributed by atoms with Gasteiger partial charge in [-0.05, 0) is 87.5 Å². The van der Waals surface area contributed by atoms with E-state index in [4.69, 9.17) is 16.4 Å². The van der Waals surface area contributed by atoms with E-state index in [2.05, 4.69) is 24.1 Å². The summed E-state index contributed by atoms with van der Waals surface area (Å²) in [5, 5.41) is 12.6. The van der Waals surface area contributed by atoms with Crippen molar-refractivity contribution in [3.8, 4) is 12.3 Å². The van der Waals surface area contributed by atoms with E-state index in [0.717, 1.165) is 57.1 Å². The molecule has 4 rings (SSSR count). The lowest BCUT2D eigenvalue weighted by Crippen LogP contribution is -2.55. The van der Waals surface area contributed by atoms with Crippen molar-refractivity contribution in [3.05, 3.63) is 11.6 Å². The Bertz CT molecular complexity index is 732. The summed E-state index contributed by atoms with van der Waals surface area (Å²) < 4.78 is 5.90. The summed E-state index contributed by atoms with van der Waals surface area (Å²) in [7, 11) is 0. The SMILES string of the molecule is C#C[C@@]1(OC(C)=O)CC[C@H]2[C@@H]3CCC4=C/C(=N/O)CC[C@@H]4[C@H]3CC[C@@]21CC. The number of carbonyl (C=O) groups excluding carboxylic acids is 1. The van der Waals surface area contributed by atoms with E-state index in [1.807, 2.05) is 0 Å². The molecule has 0 aromatic rings. The molecule has 0 unspecified atom stereocenters. The van der Waals surface area contributed by atoms with Crippen LogP contribution in [-0.2, 0) is 9.53 Å². The largest absolute Gasteiger partial charge is 0.445 e. The maximum atomic E-state index is 11.9. The van der Waals surface area contributed by atoms with Crippen LogP contribution >= 0.6 is 0 Å². The molecule has 0 aromatic heterocycles. The third-order valence-electron chi connectivity index (χ3n) is 8.45. The number of rotatable bonds is 2. The van der Waals surface area contributed by atoms with E-state index in [1.165, 1.54) is 18.9 Å². The van der Waals surface area contributed by atoms with Crippen LogP contribution in [0.3, 0.4) is 0 Å². The molecule has 0 radical (unpaired) electrons. The summed E-state index contributed by atoms with van der Waals surface area (Å²) in [6.07, 6.45) is 17.5. The van der Waals surface area contributed by atoms with Gasteiger partial charge in [0.2, 0.25) is 0 Å². The summed E-state index contributed by atoms with van der Waals surface area (Å²) >= 11 is 0. The van der Waals surface area contributed by atoms with Gasteiger partial charge in [0, 0.05) is 12.3 Å². The zero-order valence-electron chi connectivity index (χ0n) is 16.5. The molecule has 1 N–H and O–H groups in total. The van der Waals surface area contributed by atoms with Crippen molar-refractivity contribution in [3.63, 3.8) is 0 Å². The fourth-order valence-corrected chi connectivity index (χ4v) is 7.45. The van der Waals surface area contributed by atoms with Gasteiger partial charge in [-0.2, -0.15) is 0 Å². The number of carbonyl (C=O) groups is 1. The minimum absolute atomic E-state index is 0.0673. The Morgan fingerprint density at radius 3 is 2.78 bits per heavy atom. The first-order valence-electron chi connectivity index (χ1n) is 10.6. The van der Waals surface area contributed by atoms with Gasteiger partial charge in [0.1, 0.15) is 0 Å². The van der Waals surface area contributed by atoms with E-state index in [1.54, 1.807) is 0 Å². The number of allylic oxidation sites excluding steroid dienone is 2. The Kier molecular flexibility index (Phi) is 4.61. The van der Waals surface area contributed by atoms with Gasteiger partial charge in [-0.1, -0.05) is 23.6 Å². The monoisotopic (exact) mass is 369 g/mol. The van der Waals surface area contributed by atoms with Gasteiger partial charge >= 0.3 is 5.97 Å². The number of ether oxygens (including phenoxy) is 1. The maximum Gasteiger partial charge on any atom is 0.304 e. The van der Waals surface area contributed by atoms with Crippen molar-refractivity contribution in [1.29, 1.82) is 0 Å². The molecule has 0 spiro atoms. The summed E-state index contributed by atoms with van der Waals surface area (Å²) in [4.78, 5) is 11.9. The third-order valence-corrected chi connectivity index (χ3v) is 8.45. The Morgan fingerprint density at radius 2 is 2.11 bits per heavy atom. The van der Waals surface area contributed by atoms with Crippen LogP contribution in [0.4, 0.5) is 0 Å². The minimum atomic E-state index is -0.720. The second-order valence-electron chi connectivity index (χ2n) is 9.08. The third kappa shape index (κ3) is 2.57. The van der Waals surface area contributed by atoms with E-state index < -0.39 is 5.60 Å². The van der Waals surface area contributed by atoms with Crippen LogP contribution in [0.5, 0.6) is 0 Å². The standard InChI is InChI=1S/C23H31NO3/c1-4-22-12-10-19-18-9-7-17(24-26)14-16(18)6-8-20(19)21(22)11-13-23(22,5-2)27-15(3)25/h2,14,18-21,26H,4,6-13H2,1,3H3/b24-17+/t18-,19+,20+,21-,22-,23+/m0/s1. The van der Waals surface area contributed by atoms with Crippen molar-refractivity contribution >= 4 is 11.7 Å².